The van der Waals surface area contributed by atoms with Crippen LogP contribution in [0.3, 0.4) is 0 Å². The van der Waals surface area contributed by atoms with Crippen molar-refractivity contribution in [3.8, 4) is 0 Å². The van der Waals surface area contributed by atoms with Crippen molar-refractivity contribution in [3.05, 3.63) is 53.4 Å². The average Bonchev–Trinajstić information content (AvgIpc) is 2.54. The molecule has 0 aliphatic carbocycles. The number of hydrogen-bond acceptors (Lipinski definition) is 2. The van der Waals surface area contributed by atoms with Gasteiger partial charge in [-0.05, 0) is 6.92 Å². The molecule has 3 nitrogen and oxygen atoms in total. The molecule has 3 heteroatoms. The van der Waals surface area contributed by atoms with Crippen LogP contribution in [0.15, 0.2) is 46.4 Å². The molecule has 0 spiro atoms. The zero-order valence-corrected chi connectivity index (χ0v) is 7.41. The molecule has 1 heterocycles. The number of H-pyrrole nitrogens is 1. The Hall–Kier alpha value is -1.77. The topological polar surface area (TPSA) is 46.0 Å². The van der Waals surface area contributed by atoms with Crippen molar-refractivity contribution >= 4 is 5.57 Å². The molecule has 0 amide bonds. The quantitative estimate of drug-likeness (QED) is 0.719. The van der Waals surface area contributed by atoms with Crippen LogP contribution in [0, 0.1) is 0 Å². The van der Waals surface area contributed by atoms with Gasteiger partial charge in [-0.15, -0.1) is 0 Å². The highest BCUT2D eigenvalue weighted by atomic mass is 16.4. The van der Waals surface area contributed by atoms with Crippen LogP contribution in [0.2, 0.25) is 0 Å². The van der Waals surface area contributed by atoms with Crippen LogP contribution in [-0.2, 0) is 0 Å². The molecule has 0 aliphatic rings. The number of allylic oxidation sites excluding steroid dienone is 5. The molecule has 1 N–H and O–H groups in total. The molecule has 0 atom stereocenters. The van der Waals surface area contributed by atoms with Gasteiger partial charge in [-0.25, -0.2) is 4.79 Å². The Labute approximate surface area is 76.1 Å². The molecule has 0 radical (unpaired) electrons. The average molecular weight is 177 g/mol. The molecule has 68 valence electrons. The van der Waals surface area contributed by atoms with Crippen LogP contribution in [0.4, 0.5) is 0 Å². The summed E-state index contributed by atoms with van der Waals surface area (Å²) in [6.45, 7) is 5.55. The molecule has 0 unspecified atom stereocenters. The lowest BCUT2D eigenvalue weighted by molar-refractivity contribution is 0.515. The second-order valence-electron chi connectivity index (χ2n) is 2.41. The SMILES string of the molecule is C=C/C(=C\C=C/C)c1coc(=O)[nH]1. The third-order valence-corrected chi connectivity index (χ3v) is 1.52. The Balaban J connectivity index is 3.03. The lowest BCUT2D eigenvalue weighted by Crippen LogP contribution is -1.95. The zero-order valence-electron chi connectivity index (χ0n) is 7.41. The first-order chi connectivity index (χ1) is 6.27. The van der Waals surface area contributed by atoms with Crippen molar-refractivity contribution in [2.24, 2.45) is 0 Å². The molecule has 1 aromatic heterocycles. The maximum Gasteiger partial charge on any atom is 0.416 e. The summed E-state index contributed by atoms with van der Waals surface area (Å²) in [5.74, 6) is -0.455. The van der Waals surface area contributed by atoms with E-state index in [-0.39, 0.29) is 0 Å². The number of rotatable bonds is 3. The molecule has 1 rings (SSSR count). The Morgan fingerprint density at radius 2 is 2.46 bits per heavy atom. The summed E-state index contributed by atoms with van der Waals surface area (Å²) < 4.78 is 4.60. The van der Waals surface area contributed by atoms with Crippen LogP contribution in [0.5, 0.6) is 0 Å². The van der Waals surface area contributed by atoms with Gasteiger partial charge in [-0.3, -0.25) is 4.98 Å². The molecule has 0 fully saturated rings. The molecule has 1 aromatic rings. The minimum atomic E-state index is -0.455. The Morgan fingerprint density at radius 1 is 1.69 bits per heavy atom. The summed E-state index contributed by atoms with van der Waals surface area (Å²) in [5.41, 5.74) is 1.46. The lowest BCUT2D eigenvalue weighted by Gasteiger charge is -1.92. The highest BCUT2D eigenvalue weighted by molar-refractivity contribution is 5.71. The maximum absolute atomic E-state index is 10.7. The van der Waals surface area contributed by atoms with Crippen LogP contribution in [0.1, 0.15) is 12.6 Å². The van der Waals surface area contributed by atoms with Gasteiger partial charge in [-0.2, -0.15) is 0 Å². The molecule has 0 bridgehead atoms. The van der Waals surface area contributed by atoms with Crippen LogP contribution < -0.4 is 5.76 Å². The van der Waals surface area contributed by atoms with E-state index >= 15 is 0 Å². The standard InChI is InChI=1S/C10H11NO2/c1-3-5-6-8(4-2)9-7-13-10(12)11-9/h3-7H,2H2,1H3,(H,11,12)/b5-3-,8-6+. The zero-order chi connectivity index (χ0) is 9.68. The molecule has 0 aromatic carbocycles. The van der Waals surface area contributed by atoms with E-state index in [2.05, 4.69) is 16.0 Å². The molecular weight excluding hydrogens is 166 g/mol. The fourth-order valence-electron chi connectivity index (χ4n) is 0.889. The van der Waals surface area contributed by atoms with E-state index < -0.39 is 5.76 Å². The van der Waals surface area contributed by atoms with Gasteiger partial charge in [0.05, 0.1) is 5.69 Å². The third-order valence-electron chi connectivity index (χ3n) is 1.52. The Kier molecular flexibility index (Phi) is 3.09. The maximum atomic E-state index is 10.7. The molecule has 0 saturated carbocycles. The number of aromatic amines is 1. The fraction of sp³-hybridized carbons (Fsp3) is 0.100. The summed E-state index contributed by atoms with van der Waals surface area (Å²) >= 11 is 0. The number of hydrogen-bond donors (Lipinski definition) is 1. The third kappa shape index (κ3) is 2.33. The van der Waals surface area contributed by atoms with E-state index in [0.717, 1.165) is 5.57 Å². The van der Waals surface area contributed by atoms with Gasteiger partial charge in [0, 0.05) is 5.57 Å². The number of oxazole rings is 1. The van der Waals surface area contributed by atoms with Gasteiger partial charge in [0.1, 0.15) is 6.26 Å². The van der Waals surface area contributed by atoms with Gasteiger partial charge in [0.2, 0.25) is 0 Å². The van der Waals surface area contributed by atoms with E-state index in [1.54, 1.807) is 6.08 Å². The van der Waals surface area contributed by atoms with E-state index in [1.807, 2.05) is 25.2 Å². The van der Waals surface area contributed by atoms with Crippen LogP contribution >= 0.6 is 0 Å². The summed E-state index contributed by atoms with van der Waals surface area (Å²) in [6.07, 6.45) is 8.62. The molecule has 0 saturated heterocycles. The first-order valence-corrected chi connectivity index (χ1v) is 3.91. The molecule has 0 aliphatic heterocycles. The van der Waals surface area contributed by atoms with Gasteiger partial charge in [0.25, 0.3) is 0 Å². The first-order valence-electron chi connectivity index (χ1n) is 3.91. The minimum absolute atomic E-state index is 0.455. The monoisotopic (exact) mass is 177 g/mol. The highest BCUT2D eigenvalue weighted by Crippen LogP contribution is 2.10. The predicted molar refractivity (Wildman–Crippen MR) is 52.3 cm³/mol. The first kappa shape index (κ1) is 9.32. The predicted octanol–water partition coefficient (Wildman–Crippen LogP) is 2.11. The second-order valence-corrected chi connectivity index (χ2v) is 2.41. The summed E-state index contributed by atoms with van der Waals surface area (Å²) in [4.78, 5) is 13.2. The minimum Gasteiger partial charge on any atom is -0.416 e. The lowest BCUT2D eigenvalue weighted by atomic mass is 10.2. The van der Waals surface area contributed by atoms with Crippen LogP contribution in [-0.4, -0.2) is 4.98 Å². The van der Waals surface area contributed by atoms with Gasteiger partial charge in [-0.1, -0.05) is 30.9 Å². The van der Waals surface area contributed by atoms with Crippen LogP contribution in [0.25, 0.3) is 5.57 Å². The Bertz CT molecular complexity index is 393. The van der Waals surface area contributed by atoms with Gasteiger partial charge in [0.15, 0.2) is 0 Å². The van der Waals surface area contributed by atoms with Crippen molar-refractivity contribution in [3.63, 3.8) is 0 Å². The Morgan fingerprint density at radius 3 is 2.92 bits per heavy atom. The second kappa shape index (κ2) is 4.30. The smallest absolute Gasteiger partial charge is 0.416 e. The van der Waals surface area contributed by atoms with Crippen molar-refractivity contribution in [1.82, 2.24) is 4.98 Å². The number of nitrogens with one attached hydrogen (secondary N) is 1. The number of aromatic nitrogens is 1. The summed E-state index contributed by atoms with van der Waals surface area (Å²) in [7, 11) is 0. The highest BCUT2D eigenvalue weighted by Gasteiger charge is 1.99. The van der Waals surface area contributed by atoms with E-state index in [9.17, 15) is 4.79 Å². The van der Waals surface area contributed by atoms with Crippen molar-refractivity contribution < 1.29 is 4.42 Å². The largest absolute Gasteiger partial charge is 0.416 e. The molecular formula is C10H11NO2. The summed E-state index contributed by atoms with van der Waals surface area (Å²) in [6, 6.07) is 0. The van der Waals surface area contributed by atoms with Crippen molar-refractivity contribution in [2.75, 3.05) is 0 Å². The normalized spacial score (nSPS) is 12.2. The summed E-state index contributed by atoms with van der Waals surface area (Å²) in [5, 5.41) is 0. The molecule has 13 heavy (non-hydrogen) atoms. The van der Waals surface area contributed by atoms with Crippen molar-refractivity contribution in [1.29, 1.82) is 0 Å². The van der Waals surface area contributed by atoms with Gasteiger partial charge < -0.3 is 4.42 Å². The van der Waals surface area contributed by atoms with E-state index in [4.69, 9.17) is 0 Å². The van der Waals surface area contributed by atoms with E-state index in [1.165, 1.54) is 6.26 Å². The fourth-order valence-corrected chi connectivity index (χ4v) is 0.889. The van der Waals surface area contributed by atoms with Crippen molar-refractivity contribution in [2.45, 2.75) is 6.92 Å². The van der Waals surface area contributed by atoms with E-state index in [0.29, 0.717) is 5.69 Å². The van der Waals surface area contributed by atoms with Gasteiger partial charge >= 0.3 is 5.76 Å².